The largest absolute Gasteiger partial charge is 0.493 e. The van der Waals surface area contributed by atoms with Gasteiger partial charge in [-0.1, -0.05) is 12.1 Å². The van der Waals surface area contributed by atoms with E-state index in [1.54, 1.807) is 12.1 Å². The number of alkyl halides is 1. The molecule has 0 spiro atoms. The molecule has 1 unspecified atom stereocenters. The molecule has 0 heterocycles. The second kappa shape index (κ2) is 6.76. The Morgan fingerprint density at radius 3 is 2.33 bits per heavy atom. The summed E-state index contributed by atoms with van der Waals surface area (Å²) in [7, 11) is 2.90. The molecule has 0 aliphatic carbocycles. The fourth-order valence-corrected chi connectivity index (χ4v) is 2.44. The summed E-state index contributed by atoms with van der Waals surface area (Å²) in [6, 6.07) is 8.81. The molecule has 0 aliphatic rings. The second-order valence-corrected chi connectivity index (χ2v) is 5.06. The second-order valence-electron chi connectivity index (χ2n) is 4.53. The highest BCUT2D eigenvalue weighted by atomic mass is 35.5. The van der Waals surface area contributed by atoms with Crippen LogP contribution in [0.25, 0.3) is 0 Å². The average molecular weight is 313 g/mol. The molecule has 0 aromatic heterocycles. The molecular weight excluding hydrogens is 298 g/mol. The quantitative estimate of drug-likeness (QED) is 0.757. The van der Waals surface area contributed by atoms with Gasteiger partial charge in [-0.25, -0.2) is 8.78 Å². The van der Waals surface area contributed by atoms with Gasteiger partial charge in [-0.05, 0) is 30.2 Å². The number of halogens is 3. The lowest BCUT2D eigenvalue weighted by molar-refractivity contribution is 0.351. The minimum atomic E-state index is -0.633. The average Bonchev–Trinajstić information content (AvgIpc) is 2.46. The smallest absolute Gasteiger partial charge is 0.163 e. The Kier molecular flexibility index (Phi) is 5.02. The van der Waals surface area contributed by atoms with Gasteiger partial charge in [0.1, 0.15) is 11.6 Å². The van der Waals surface area contributed by atoms with E-state index in [1.165, 1.54) is 38.5 Å². The monoisotopic (exact) mass is 312 g/mol. The van der Waals surface area contributed by atoms with E-state index >= 15 is 0 Å². The maximum absolute atomic E-state index is 14.1. The Bertz CT molecular complexity index is 632. The van der Waals surface area contributed by atoms with Crippen LogP contribution in [0, 0.1) is 11.6 Å². The number of ether oxygens (including phenoxy) is 2. The van der Waals surface area contributed by atoms with Crippen LogP contribution in [0.1, 0.15) is 16.5 Å². The molecule has 0 amide bonds. The van der Waals surface area contributed by atoms with Crippen molar-refractivity contribution < 1.29 is 18.3 Å². The number of methoxy groups -OCH3 is 2. The van der Waals surface area contributed by atoms with Gasteiger partial charge in [0.15, 0.2) is 11.5 Å². The Morgan fingerprint density at radius 1 is 1.05 bits per heavy atom. The van der Waals surface area contributed by atoms with Crippen LogP contribution in [-0.4, -0.2) is 14.2 Å². The molecule has 0 aliphatic heterocycles. The first-order valence-corrected chi connectivity index (χ1v) is 6.78. The molecule has 0 N–H and O–H groups in total. The first-order valence-electron chi connectivity index (χ1n) is 6.35. The normalized spacial score (nSPS) is 12.0. The van der Waals surface area contributed by atoms with Crippen molar-refractivity contribution in [2.24, 2.45) is 0 Å². The third-order valence-corrected chi connectivity index (χ3v) is 3.53. The minimum Gasteiger partial charge on any atom is -0.493 e. The number of hydrogen-bond acceptors (Lipinski definition) is 2. The van der Waals surface area contributed by atoms with Crippen LogP contribution in [0.15, 0.2) is 36.4 Å². The molecule has 0 bridgehead atoms. The molecule has 0 saturated carbocycles. The van der Waals surface area contributed by atoms with Crippen molar-refractivity contribution in [1.29, 1.82) is 0 Å². The van der Waals surface area contributed by atoms with Crippen molar-refractivity contribution >= 4 is 11.6 Å². The van der Waals surface area contributed by atoms with E-state index < -0.39 is 11.2 Å². The summed E-state index contributed by atoms with van der Waals surface area (Å²) in [6.07, 6.45) is 0.311. The number of rotatable bonds is 5. The van der Waals surface area contributed by atoms with Gasteiger partial charge in [0.2, 0.25) is 0 Å². The van der Waals surface area contributed by atoms with E-state index in [9.17, 15) is 8.78 Å². The maximum atomic E-state index is 14.1. The zero-order valence-electron chi connectivity index (χ0n) is 11.7. The van der Waals surface area contributed by atoms with Crippen LogP contribution in [0.2, 0.25) is 0 Å². The number of benzene rings is 2. The molecule has 5 heteroatoms. The molecule has 2 aromatic rings. The van der Waals surface area contributed by atoms with Gasteiger partial charge < -0.3 is 9.47 Å². The molecule has 2 aromatic carbocycles. The van der Waals surface area contributed by atoms with Gasteiger partial charge in [0, 0.05) is 11.6 Å². The van der Waals surface area contributed by atoms with Crippen molar-refractivity contribution in [3.8, 4) is 11.5 Å². The lowest BCUT2D eigenvalue weighted by Gasteiger charge is -2.15. The van der Waals surface area contributed by atoms with Crippen LogP contribution in [-0.2, 0) is 6.42 Å². The summed E-state index contributed by atoms with van der Waals surface area (Å²) in [4.78, 5) is 0. The minimum absolute atomic E-state index is 0.290. The van der Waals surface area contributed by atoms with Crippen molar-refractivity contribution in [2.45, 2.75) is 11.8 Å². The Hall–Kier alpha value is -1.81. The van der Waals surface area contributed by atoms with Crippen molar-refractivity contribution in [3.63, 3.8) is 0 Å². The predicted molar refractivity (Wildman–Crippen MR) is 78.2 cm³/mol. The van der Waals surface area contributed by atoms with Gasteiger partial charge in [0.25, 0.3) is 0 Å². The zero-order chi connectivity index (χ0) is 15.4. The summed E-state index contributed by atoms with van der Waals surface area (Å²) in [6.45, 7) is 0. The summed E-state index contributed by atoms with van der Waals surface area (Å²) < 4.78 is 37.4. The van der Waals surface area contributed by atoms with Crippen LogP contribution in [0.5, 0.6) is 11.5 Å². The van der Waals surface area contributed by atoms with E-state index in [1.807, 2.05) is 0 Å². The molecule has 2 nitrogen and oxygen atoms in total. The zero-order valence-corrected chi connectivity index (χ0v) is 12.5. The van der Waals surface area contributed by atoms with Crippen molar-refractivity contribution in [3.05, 3.63) is 59.2 Å². The van der Waals surface area contributed by atoms with Gasteiger partial charge in [-0.2, -0.15) is 0 Å². The maximum Gasteiger partial charge on any atom is 0.163 e. The first kappa shape index (κ1) is 15.6. The molecule has 2 rings (SSSR count). The highest BCUT2D eigenvalue weighted by Crippen LogP contribution is 2.35. The van der Waals surface area contributed by atoms with Gasteiger partial charge in [-0.15, -0.1) is 11.6 Å². The van der Waals surface area contributed by atoms with Crippen molar-refractivity contribution in [2.75, 3.05) is 14.2 Å². The summed E-state index contributed by atoms with van der Waals surface area (Å²) in [5.41, 5.74) is 0.989. The van der Waals surface area contributed by atoms with E-state index in [-0.39, 0.29) is 5.82 Å². The summed E-state index contributed by atoms with van der Waals surface area (Å²) >= 11 is 6.26. The fourth-order valence-electron chi connectivity index (χ4n) is 2.09. The third kappa shape index (κ3) is 3.64. The number of hydrogen-bond donors (Lipinski definition) is 0. The summed E-state index contributed by atoms with van der Waals surface area (Å²) in [5, 5.41) is -0.633. The fraction of sp³-hybridized carbons (Fsp3) is 0.250. The van der Waals surface area contributed by atoms with Crippen LogP contribution in [0.3, 0.4) is 0 Å². The molecule has 1 atom stereocenters. The first-order chi connectivity index (χ1) is 10.0. The lowest BCUT2D eigenvalue weighted by atomic mass is 10.0. The third-order valence-electron chi connectivity index (χ3n) is 3.14. The molecule has 112 valence electrons. The summed E-state index contributed by atoms with van der Waals surface area (Å²) in [5.74, 6) is -0.125. The van der Waals surface area contributed by atoms with Crippen LogP contribution >= 0.6 is 11.6 Å². The van der Waals surface area contributed by atoms with E-state index in [4.69, 9.17) is 21.1 Å². The highest BCUT2D eigenvalue weighted by Gasteiger charge is 2.18. The van der Waals surface area contributed by atoms with Gasteiger partial charge in [0.05, 0.1) is 19.6 Å². The SMILES string of the molecule is COc1cc(F)c(C(Cl)Cc2cccc(F)c2)cc1OC. The van der Waals surface area contributed by atoms with E-state index in [0.29, 0.717) is 29.0 Å². The topological polar surface area (TPSA) is 18.5 Å². The van der Waals surface area contributed by atoms with Gasteiger partial charge in [-0.3, -0.25) is 0 Å². The standard InChI is InChI=1S/C16H15ClF2O2/c1-20-15-8-12(14(19)9-16(15)21-2)13(17)7-10-4-3-5-11(18)6-10/h3-6,8-9,13H,7H2,1-2H3. The highest BCUT2D eigenvalue weighted by molar-refractivity contribution is 6.21. The van der Waals surface area contributed by atoms with E-state index in [2.05, 4.69) is 0 Å². The van der Waals surface area contributed by atoms with Crippen LogP contribution < -0.4 is 9.47 Å². The van der Waals surface area contributed by atoms with Crippen molar-refractivity contribution in [1.82, 2.24) is 0 Å². The Labute approximate surface area is 127 Å². The molecule has 21 heavy (non-hydrogen) atoms. The van der Waals surface area contributed by atoms with Gasteiger partial charge >= 0.3 is 0 Å². The molecule has 0 radical (unpaired) electrons. The molecule has 0 saturated heterocycles. The molecule has 0 fully saturated rings. The van der Waals surface area contributed by atoms with Crippen LogP contribution in [0.4, 0.5) is 8.78 Å². The van der Waals surface area contributed by atoms with E-state index in [0.717, 1.165) is 0 Å². The Balaban J connectivity index is 2.28. The lowest BCUT2D eigenvalue weighted by Crippen LogP contribution is -2.02. The molecular formula is C16H15ClF2O2. The Morgan fingerprint density at radius 2 is 1.71 bits per heavy atom. The predicted octanol–water partition coefficient (Wildman–Crippen LogP) is 4.50.